The normalized spacial score (nSPS) is 12.3. The molecule has 0 spiro atoms. The topological polar surface area (TPSA) is 87.3 Å². The number of rotatable bonds is 7. The Labute approximate surface area is 156 Å². The molecule has 0 bridgehead atoms. The van der Waals surface area contributed by atoms with Gasteiger partial charge in [0.25, 0.3) is 0 Å². The van der Waals surface area contributed by atoms with Gasteiger partial charge >= 0.3 is 0 Å². The first-order chi connectivity index (χ1) is 11.8. The number of aromatic hydroxyl groups is 1. The maximum atomic E-state index is 12.4. The molecule has 10 heteroatoms. The highest BCUT2D eigenvalue weighted by molar-refractivity contribution is 7.89. The summed E-state index contributed by atoms with van der Waals surface area (Å²) in [6.07, 6.45) is 0. The zero-order valence-corrected chi connectivity index (χ0v) is 16.7. The second-order valence-electron chi connectivity index (χ2n) is 5.02. The number of thiazole rings is 1. The molecule has 1 heterocycles. The highest BCUT2D eigenvalue weighted by Crippen LogP contribution is 2.35. The molecule has 0 unspecified atom stereocenters. The summed E-state index contributed by atoms with van der Waals surface area (Å²) in [6.45, 7) is 6.85. The molecule has 2 aromatic rings. The van der Waals surface area contributed by atoms with Crippen LogP contribution in [-0.4, -0.2) is 35.5 Å². The molecule has 0 radical (unpaired) electrons. The van der Waals surface area contributed by atoms with E-state index < -0.39 is 10.0 Å². The standard InChI is InChI=1S/C15H20N4O3S3/c1-4-18(5-2)25(21,22)12-9-7-11(8-10-12)16-17-13-14(20)19(6-3)15(23)24-13/h7-10,20H,4-6H2,1-3H3. The maximum absolute atomic E-state index is 12.4. The molecule has 0 amide bonds. The SMILES string of the molecule is CCN(CC)S(=O)(=O)c1ccc(N=Nc2sc(=S)n(CC)c2O)cc1. The van der Waals surface area contributed by atoms with Crippen molar-refractivity contribution < 1.29 is 13.5 Å². The van der Waals surface area contributed by atoms with Crippen LogP contribution in [0.3, 0.4) is 0 Å². The lowest BCUT2D eigenvalue weighted by molar-refractivity contribution is 0.421. The number of aromatic nitrogens is 1. The van der Waals surface area contributed by atoms with Crippen LogP contribution in [0.5, 0.6) is 5.88 Å². The predicted octanol–water partition coefficient (Wildman–Crippen LogP) is 4.45. The zero-order valence-electron chi connectivity index (χ0n) is 14.2. The molecule has 2 rings (SSSR count). The third kappa shape index (κ3) is 4.14. The first kappa shape index (κ1) is 19.7. The van der Waals surface area contributed by atoms with Crippen molar-refractivity contribution in [3.63, 3.8) is 0 Å². The van der Waals surface area contributed by atoms with Gasteiger partial charge in [0.2, 0.25) is 20.9 Å². The molecule has 0 atom stereocenters. The third-order valence-corrected chi connectivity index (χ3v) is 6.99. The third-order valence-electron chi connectivity index (χ3n) is 3.60. The van der Waals surface area contributed by atoms with Gasteiger partial charge in [-0.2, -0.15) is 4.31 Å². The van der Waals surface area contributed by atoms with Crippen LogP contribution >= 0.6 is 23.6 Å². The van der Waals surface area contributed by atoms with Crippen molar-refractivity contribution in [3.05, 3.63) is 28.2 Å². The zero-order chi connectivity index (χ0) is 18.6. The molecule has 25 heavy (non-hydrogen) atoms. The van der Waals surface area contributed by atoms with E-state index in [-0.39, 0.29) is 10.8 Å². The minimum absolute atomic E-state index is 0.0121. The van der Waals surface area contributed by atoms with Crippen molar-refractivity contribution in [2.75, 3.05) is 13.1 Å². The van der Waals surface area contributed by atoms with Crippen molar-refractivity contribution in [2.45, 2.75) is 32.2 Å². The van der Waals surface area contributed by atoms with Crippen LogP contribution in [0.2, 0.25) is 0 Å². The van der Waals surface area contributed by atoms with Gasteiger partial charge in [-0.25, -0.2) is 8.42 Å². The van der Waals surface area contributed by atoms with E-state index in [1.165, 1.54) is 27.8 Å². The van der Waals surface area contributed by atoms with E-state index in [1.54, 1.807) is 30.5 Å². The number of sulfonamides is 1. The fourth-order valence-electron chi connectivity index (χ4n) is 2.23. The summed E-state index contributed by atoms with van der Waals surface area (Å²) in [5.74, 6) is -0.0121. The smallest absolute Gasteiger partial charge is 0.243 e. The summed E-state index contributed by atoms with van der Waals surface area (Å²) >= 11 is 6.31. The quantitative estimate of drug-likeness (QED) is 0.549. The van der Waals surface area contributed by atoms with Crippen LogP contribution in [0.1, 0.15) is 20.8 Å². The molecular formula is C15H20N4O3S3. The molecule has 0 saturated carbocycles. The molecule has 136 valence electrons. The fraction of sp³-hybridized carbons (Fsp3) is 0.400. The van der Waals surface area contributed by atoms with E-state index in [0.29, 0.717) is 34.3 Å². The molecule has 1 aromatic carbocycles. The van der Waals surface area contributed by atoms with Crippen LogP contribution in [0.15, 0.2) is 39.4 Å². The van der Waals surface area contributed by atoms with Gasteiger partial charge in [-0.05, 0) is 43.4 Å². The lowest BCUT2D eigenvalue weighted by atomic mass is 10.3. The van der Waals surface area contributed by atoms with Gasteiger partial charge in [-0.3, -0.25) is 4.57 Å². The van der Waals surface area contributed by atoms with Crippen LogP contribution in [0.25, 0.3) is 0 Å². The van der Waals surface area contributed by atoms with Gasteiger partial charge in [0, 0.05) is 19.6 Å². The minimum Gasteiger partial charge on any atom is -0.492 e. The Morgan fingerprint density at radius 3 is 2.24 bits per heavy atom. The summed E-state index contributed by atoms with van der Waals surface area (Å²) in [5.41, 5.74) is 0.486. The summed E-state index contributed by atoms with van der Waals surface area (Å²) < 4.78 is 28.3. The Bertz CT molecular complexity index is 910. The Morgan fingerprint density at radius 2 is 1.76 bits per heavy atom. The van der Waals surface area contributed by atoms with E-state index in [0.717, 1.165) is 0 Å². The van der Waals surface area contributed by atoms with Crippen LogP contribution in [0.4, 0.5) is 10.7 Å². The Kier molecular flexibility index (Phi) is 6.44. The van der Waals surface area contributed by atoms with E-state index in [1.807, 2.05) is 6.92 Å². The molecular weight excluding hydrogens is 380 g/mol. The number of azo groups is 1. The van der Waals surface area contributed by atoms with E-state index in [2.05, 4.69) is 10.2 Å². The average Bonchev–Trinajstić information content (AvgIpc) is 2.87. The van der Waals surface area contributed by atoms with E-state index >= 15 is 0 Å². The Hall–Kier alpha value is -1.62. The highest BCUT2D eigenvalue weighted by atomic mass is 32.2. The maximum Gasteiger partial charge on any atom is 0.243 e. The average molecular weight is 401 g/mol. The van der Waals surface area contributed by atoms with Gasteiger partial charge in [0.05, 0.1) is 10.6 Å². The molecule has 0 saturated heterocycles. The molecule has 1 N–H and O–H groups in total. The monoisotopic (exact) mass is 400 g/mol. The lowest BCUT2D eigenvalue weighted by Gasteiger charge is -2.18. The van der Waals surface area contributed by atoms with Crippen molar-refractivity contribution >= 4 is 44.3 Å². The molecule has 0 fully saturated rings. The second-order valence-corrected chi connectivity index (χ2v) is 8.58. The van der Waals surface area contributed by atoms with Crippen molar-refractivity contribution in [3.8, 4) is 5.88 Å². The summed E-state index contributed by atoms with van der Waals surface area (Å²) in [7, 11) is -3.49. The summed E-state index contributed by atoms with van der Waals surface area (Å²) in [5, 5.41) is 18.4. The van der Waals surface area contributed by atoms with E-state index in [9.17, 15) is 13.5 Å². The Morgan fingerprint density at radius 1 is 1.16 bits per heavy atom. The van der Waals surface area contributed by atoms with Crippen LogP contribution in [-0.2, 0) is 16.6 Å². The minimum atomic E-state index is -3.49. The van der Waals surface area contributed by atoms with Crippen molar-refractivity contribution in [1.82, 2.24) is 8.87 Å². The van der Waals surface area contributed by atoms with Gasteiger partial charge in [-0.15, -0.1) is 10.2 Å². The molecule has 1 aromatic heterocycles. The van der Waals surface area contributed by atoms with Gasteiger partial charge in [-0.1, -0.05) is 25.2 Å². The molecule has 0 aliphatic carbocycles. The number of hydrogen-bond donors (Lipinski definition) is 1. The first-order valence-corrected chi connectivity index (χ1v) is 10.5. The highest BCUT2D eigenvalue weighted by Gasteiger charge is 2.21. The predicted molar refractivity (Wildman–Crippen MR) is 101 cm³/mol. The van der Waals surface area contributed by atoms with Gasteiger partial charge in [0.15, 0.2) is 3.95 Å². The summed E-state index contributed by atoms with van der Waals surface area (Å²) in [4.78, 5) is 0.214. The molecule has 7 nitrogen and oxygen atoms in total. The first-order valence-electron chi connectivity index (χ1n) is 7.79. The van der Waals surface area contributed by atoms with Gasteiger partial charge in [0.1, 0.15) is 0 Å². The second kappa shape index (κ2) is 8.17. The van der Waals surface area contributed by atoms with E-state index in [4.69, 9.17) is 12.2 Å². The largest absolute Gasteiger partial charge is 0.492 e. The Balaban J connectivity index is 2.25. The van der Waals surface area contributed by atoms with Gasteiger partial charge < -0.3 is 5.11 Å². The molecule has 0 aliphatic rings. The van der Waals surface area contributed by atoms with Crippen LogP contribution in [0, 0.1) is 3.95 Å². The lowest BCUT2D eigenvalue weighted by Crippen LogP contribution is -2.30. The van der Waals surface area contributed by atoms with Crippen molar-refractivity contribution in [1.29, 1.82) is 0 Å². The van der Waals surface area contributed by atoms with Crippen molar-refractivity contribution in [2.24, 2.45) is 10.2 Å². The van der Waals surface area contributed by atoms with Crippen LogP contribution < -0.4 is 0 Å². The summed E-state index contributed by atoms with van der Waals surface area (Å²) in [6, 6.07) is 6.15. The number of benzene rings is 1. The fourth-order valence-corrected chi connectivity index (χ4v) is 4.91. The number of hydrogen-bond acceptors (Lipinski definition) is 7. The molecule has 0 aliphatic heterocycles. The number of nitrogens with zero attached hydrogens (tertiary/aromatic N) is 4.